The second kappa shape index (κ2) is 6.00. The van der Waals surface area contributed by atoms with Crippen LogP contribution in [0.4, 0.5) is 14.9 Å². The predicted molar refractivity (Wildman–Crippen MR) is 74.2 cm³/mol. The predicted octanol–water partition coefficient (Wildman–Crippen LogP) is 2.70. The minimum Gasteiger partial charge on any atom is -0.444 e. The van der Waals surface area contributed by atoms with Crippen molar-refractivity contribution in [1.82, 2.24) is 0 Å². The number of Topliss-reactive ketones (excluding diaryl/α,β-unsaturated/α-hetero) is 1. The van der Waals surface area contributed by atoms with Crippen molar-refractivity contribution in [2.75, 3.05) is 5.32 Å². The Hall–Kier alpha value is -1.95. The molecule has 0 heterocycles. The van der Waals surface area contributed by atoms with Gasteiger partial charge >= 0.3 is 6.09 Å². The first kappa shape index (κ1) is 16.1. The lowest BCUT2D eigenvalue weighted by atomic mass is 10.0. The van der Waals surface area contributed by atoms with Gasteiger partial charge in [-0.2, -0.15) is 0 Å². The molecule has 110 valence electrons. The molecule has 5 nitrogen and oxygen atoms in total. The Kier molecular flexibility index (Phi) is 4.83. The number of nitrogens with one attached hydrogen (secondary N) is 1. The molecule has 3 N–H and O–H groups in total. The van der Waals surface area contributed by atoms with Crippen molar-refractivity contribution in [1.29, 1.82) is 0 Å². The van der Waals surface area contributed by atoms with E-state index in [0.29, 0.717) is 0 Å². The van der Waals surface area contributed by atoms with Gasteiger partial charge in [-0.25, -0.2) is 9.18 Å². The van der Waals surface area contributed by atoms with Crippen molar-refractivity contribution in [2.24, 2.45) is 5.73 Å². The van der Waals surface area contributed by atoms with Crippen LogP contribution in [0.1, 0.15) is 38.1 Å². The number of carbonyl (C=O) groups excluding carboxylic acids is 2. The summed E-state index contributed by atoms with van der Waals surface area (Å²) in [6.07, 6.45) is -0.720. The average molecular weight is 282 g/mol. The number of ketones is 1. The van der Waals surface area contributed by atoms with E-state index in [2.05, 4.69) is 5.32 Å². The molecule has 0 spiro atoms. The topological polar surface area (TPSA) is 81.4 Å². The standard InChI is InChI=1S/C14H19FN2O3/c1-8(16)12(18)10-7-9(15)5-6-11(10)17-13(19)20-14(2,3)4/h5-8H,16H2,1-4H3,(H,17,19). The minimum atomic E-state index is -0.795. The van der Waals surface area contributed by atoms with E-state index in [-0.39, 0.29) is 11.3 Å². The Morgan fingerprint density at radius 1 is 1.35 bits per heavy atom. The molecule has 0 saturated carbocycles. The first-order chi connectivity index (χ1) is 9.10. The van der Waals surface area contributed by atoms with Crippen molar-refractivity contribution in [2.45, 2.75) is 39.3 Å². The van der Waals surface area contributed by atoms with Crippen LogP contribution in [0.5, 0.6) is 0 Å². The summed E-state index contributed by atoms with van der Waals surface area (Å²) in [7, 11) is 0. The SMILES string of the molecule is CC(N)C(=O)c1cc(F)ccc1NC(=O)OC(C)(C)C. The Bertz CT molecular complexity index is 522. The van der Waals surface area contributed by atoms with E-state index in [4.69, 9.17) is 10.5 Å². The zero-order chi connectivity index (χ0) is 15.5. The van der Waals surface area contributed by atoms with E-state index < -0.39 is 29.3 Å². The molecule has 6 heteroatoms. The molecular weight excluding hydrogens is 263 g/mol. The second-order valence-electron chi connectivity index (χ2n) is 5.47. The summed E-state index contributed by atoms with van der Waals surface area (Å²) in [6, 6.07) is 2.69. The summed E-state index contributed by atoms with van der Waals surface area (Å²) >= 11 is 0. The lowest BCUT2D eigenvalue weighted by Crippen LogP contribution is -2.30. The lowest BCUT2D eigenvalue weighted by Gasteiger charge is -2.20. The Morgan fingerprint density at radius 2 is 1.95 bits per heavy atom. The first-order valence-electron chi connectivity index (χ1n) is 6.19. The van der Waals surface area contributed by atoms with E-state index in [1.54, 1.807) is 20.8 Å². The van der Waals surface area contributed by atoms with Gasteiger partial charge in [0, 0.05) is 5.56 Å². The highest BCUT2D eigenvalue weighted by molar-refractivity contribution is 6.06. The fourth-order valence-electron chi connectivity index (χ4n) is 1.49. The monoisotopic (exact) mass is 282 g/mol. The van der Waals surface area contributed by atoms with Crippen molar-refractivity contribution < 1.29 is 18.7 Å². The van der Waals surface area contributed by atoms with E-state index >= 15 is 0 Å². The molecule has 0 aliphatic carbocycles. The summed E-state index contributed by atoms with van der Waals surface area (Å²) in [5.41, 5.74) is 5.02. The number of rotatable bonds is 3. The zero-order valence-corrected chi connectivity index (χ0v) is 12.0. The molecule has 1 rings (SSSR count). The van der Waals surface area contributed by atoms with Crippen LogP contribution in [-0.2, 0) is 4.74 Å². The number of amides is 1. The Morgan fingerprint density at radius 3 is 2.45 bits per heavy atom. The van der Waals surface area contributed by atoms with Gasteiger partial charge in [-0.15, -0.1) is 0 Å². The van der Waals surface area contributed by atoms with Gasteiger partial charge in [-0.1, -0.05) is 0 Å². The van der Waals surface area contributed by atoms with Crippen molar-refractivity contribution >= 4 is 17.6 Å². The molecule has 0 aromatic heterocycles. The van der Waals surface area contributed by atoms with Gasteiger partial charge in [0.1, 0.15) is 11.4 Å². The van der Waals surface area contributed by atoms with E-state index in [0.717, 1.165) is 12.1 Å². The van der Waals surface area contributed by atoms with E-state index in [9.17, 15) is 14.0 Å². The number of carbonyl (C=O) groups is 2. The number of anilines is 1. The summed E-state index contributed by atoms with van der Waals surface area (Å²) in [5.74, 6) is -1.04. The van der Waals surface area contributed by atoms with Crippen LogP contribution in [0.25, 0.3) is 0 Å². The number of halogens is 1. The molecule has 0 aliphatic heterocycles. The molecule has 1 amide bonds. The molecular formula is C14H19FN2O3. The molecule has 1 unspecified atom stereocenters. The van der Waals surface area contributed by atoms with Gasteiger partial charge in [0.15, 0.2) is 5.78 Å². The molecule has 0 fully saturated rings. The van der Waals surface area contributed by atoms with Crippen LogP contribution in [0, 0.1) is 5.82 Å². The molecule has 1 aromatic carbocycles. The molecule has 0 aliphatic rings. The van der Waals surface area contributed by atoms with Gasteiger partial charge in [0.2, 0.25) is 0 Å². The fourth-order valence-corrected chi connectivity index (χ4v) is 1.49. The van der Waals surface area contributed by atoms with Crippen LogP contribution in [-0.4, -0.2) is 23.5 Å². The normalized spacial score (nSPS) is 12.7. The fraction of sp³-hybridized carbons (Fsp3) is 0.429. The van der Waals surface area contributed by atoms with Gasteiger partial charge < -0.3 is 10.5 Å². The van der Waals surface area contributed by atoms with Crippen LogP contribution < -0.4 is 11.1 Å². The van der Waals surface area contributed by atoms with E-state index in [1.807, 2.05) is 0 Å². The molecule has 0 saturated heterocycles. The molecule has 0 bridgehead atoms. The number of benzene rings is 1. The number of ether oxygens (including phenoxy) is 1. The first-order valence-corrected chi connectivity index (χ1v) is 6.19. The average Bonchev–Trinajstić information content (AvgIpc) is 2.27. The third-order valence-electron chi connectivity index (χ3n) is 2.30. The van der Waals surface area contributed by atoms with Crippen LogP contribution in [0.2, 0.25) is 0 Å². The lowest BCUT2D eigenvalue weighted by molar-refractivity contribution is 0.0636. The van der Waals surface area contributed by atoms with Gasteiger partial charge in [-0.05, 0) is 45.9 Å². The summed E-state index contributed by atoms with van der Waals surface area (Å²) in [5, 5.41) is 2.43. The number of nitrogens with two attached hydrogens (primary N) is 1. The van der Waals surface area contributed by atoms with Crippen LogP contribution in [0.15, 0.2) is 18.2 Å². The number of hydrogen-bond acceptors (Lipinski definition) is 4. The highest BCUT2D eigenvalue weighted by Crippen LogP contribution is 2.20. The van der Waals surface area contributed by atoms with Gasteiger partial charge in [-0.3, -0.25) is 10.1 Å². The maximum absolute atomic E-state index is 13.2. The van der Waals surface area contributed by atoms with Crippen molar-refractivity contribution in [3.8, 4) is 0 Å². The van der Waals surface area contributed by atoms with Crippen molar-refractivity contribution in [3.63, 3.8) is 0 Å². The Balaban J connectivity index is 3.01. The molecule has 1 atom stereocenters. The Labute approximate surface area is 117 Å². The second-order valence-corrected chi connectivity index (χ2v) is 5.47. The highest BCUT2D eigenvalue weighted by atomic mass is 19.1. The maximum Gasteiger partial charge on any atom is 0.412 e. The summed E-state index contributed by atoms with van der Waals surface area (Å²) in [4.78, 5) is 23.6. The molecule has 0 radical (unpaired) electrons. The van der Waals surface area contributed by atoms with Crippen LogP contribution >= 0.6 is 0 Å². The smallest absolute Gasteiger partial charge is 0.412 e. The summed E-state index contributed by atoms with van der Waals surface area (Å²) < 4.78 is 18.3. The van der Waals surface area contributed by atoms with Crippen molar-refractivity contribution in [3.05, 3.63) is 29.6 Å². The van der Waals surface area contributed by atoms with Crippen LogP contribution in [0.3, 0.4) is 0 Å². The highest BCUT2D eigenvalue weighted by Gasteiger charge is 2.20. The minimum absolute atomic E-state index is 0.0193. The summed E-state index contributed by atoms with van der Waals surface area (Å²) in [6.45, 7) is 6.63. The zero-order valence-electron chi connectivity index (χ0n) is 12.0. The number of hydrogen-bond donors (Lipinski definition) is 2. The molecule has 1 aromatic rings. The molecule has 20 heavy (non-hydrogen) atoms. The van der Waals surface area contributed by atoms with Gasteiger partial charge in [0.05, 0.1) is 11.7 Å². The third kappa shape index (κ3) is 4.62. The van der Waals surface area contributed by atoms with Gasteiger partial charge in [0.25, 0.3) is 0 Å². The maximum atomic E-state index is 13.2. The largest absolute Gasteiger partial charge is 0.444 e. The quantitative estimate of drug-likeness (QED) is 0.835. The third-order valence-corrected chi connectivity index (χ3v) is 2.30. The van der Waals surface area contributed by atoms with E-state index in [1.165, 1.54) is 13.0 Å².